The van der Waals surface area contributed by atoms with Gasteiger partial charge in [0.15, 0.2) is 0 Å². The minimum atomic E-state index is -3.63. The van der Waals surface area contributed by atoms with Crippen molar-refractivity contribution < 1.29 is 13.2 Å². The van der Waals surface area contributed by atoms with Gasteiger partial charge in [-0.3, -0.25) is 4.79 Å². The molecule has 2 atom stereocenters. The van der Waals surface area contributed by atoms with E-state index in [1.807, 2.05) is 30.5 Å². The predicted octanol–water partition coefficient (Wildman–Crippen LogP) is 4.09. The monoisotopic (exact) mass is 411 g/mol. The smallest absolute Gasteiger partial charge is 0.255 e. The molecule has 1 saturated heterocycles. The fourth-order valence-electron chi connectivity index (χ4n) is 4.14. The molecule has 1 aliphatic heterocycles. The van der Waals surface area contributed by atoms with Crippen LogP contribution >= 0.6 is 0 Å². The number of amides is 1. The van der Waals surface area contributed by atoms with Gasteiger partial charge in [0.25, 0.3) is 5.91 Å². The molecule has 1 amide bonds. The van der Waals surface area contributed by atoms with E-state index in [2.05, 4.69) is 24.1 Å². The van der Waals surface area contributed by atoms with Gasteiger partial charge in [-0.25, -0.2) is 8.42 Å². The van der Waals surface area contributed by atoms with Crippen molar-refractivity contribution in [2.24, 2.45) is 11.8 Å². The molecule has 0 bridgehead atoms. The molecule has 2 heterocycles. The lowest BCUT2D eigenvalue weighted by Gasteiger charge is -2.34. The summed E-state index contributed by atoms with van der Waals surface area (Å²) < 4.78 is 27.8. The third-order valence-electron chi connectivity index (χ3n) is 5.41. The van der Waals surface area contributed by atoms with Crippen LogP contribution < -0.4 is 5.32 Å². The molecule has 6 nitrogen and oxygen atoms in total. The summed E-state index contributed by atoms with van der Waals surface area (Å²) >= 11 is 0. The van der Waals surface area contributed by atoms with Gasteiger partial charge in [0.05, 0.1) is 10.6 Å². The highest BCUT2D eigenvalue weighted by atomic mass is 32.2. The van der Waals surface area contributed by atoms with Crippen molar-refractivity contribution >= 4 is 32.5 Å². The fraction of sp³-hybridized carbons (Fsp3) is 0.318. The number of nitrogens with one attached hydrogen (secondary N) is 2. The molecule has 2 unspecified atom stereocenters. The zero-order chi connectivity index (χ0) is 20.6. The first-order valence-corrected chi connectivity index (χ1v) is 11.3. The summed E-state index contributed by atoms with van der Waals surface area (Å²) in [5.41, 5.74) is 1.92. The second-order valence-corrected chi connectivity index (χ2v) is 9.93. The number of sulfonamides is 1. The minimum absolute atomic E-state index is 0.159. The van der Waals surface area contributed by atoms with Gasteiger partial charge in [-0.1, -0.05) is 26.0 Å². The first kappa shape index (κ1) is 19.7. The van der Waals surface area contributed by atoms with Crippen molar-refractivity contribution in [1.82, 2.24) is 9.29 Å². The lowest BCUT2D eigenvalue weighted by Crippen LogP contribution is -2.42. The predicted molar refractivity (Wildman–Crippen MR) is 114 cm³/mol. The number of piperidine rings is 1. The van der Waals surface area contributed by atoms with E-state index in [1.165, 1.54) is 6.07 Å². The Morgan fingerprint density at radius 3 is 2.55 bits per heavy atom. The lowest BCUT2D eigenvalue weighted by atomic mass is 9.94. The van der Waals surface area contributed by atoms with Crippen LogP contribution in [0.15, 0.2) is 59.6 Å². The van der Waals surface area contributed by atoms with Crippen LogP contribution in [0.5, 0.6) is 0 Å². The lowest BCUT2D eigenvalue weighted by molar-refractivity contribution is 0.102. The zero-order valence-corrected chi connectivity index (χ0v) is 17.4. The number of H-pyrrole nitrogens is 1. The molecule has 1 fully saturated rings. The van der Waals surface area contributed by atoms with Gasteiger partial charge in [-0.15, -0.1) is 0 Å². The van der Waals surface area contributed by atoms with Crippen molar-refractivity contribution in [1.29, 1.82) is 0 Å². The van der Waals surface area contributed by atoms with Gasteiger partial charge in [0.2, 0.25) is 10.0 Å². The molecule has 0 radical (unpaired) electrons. The van der Waals surface area contributed by atoms with E-state index in [0.29, 0.717) is 36.2 Å². The number of fused-ring (bicyclic) bond motifs is 1. The summed E-state index contributed by atoms with van der Waals surface area (Å²) in [7, 11) is -3.63. The van der Waals surface area contributed by atoms with Crippen LogP contribution in [0.2, 0.25) is 0 Å². The van der Waals surface area contributed by atoms with E-state index < -0.39 is 10.0 Å². The van der Waals surface area contributed by atoms with E-state index in [1.54, 1.807) is 22.5 Å². The number of hydrogen-bond acceptors (Lipinski definition) is 3. The van der Waals surface area contributed by atoms with Gasteiger partial charge in [0, 0.05) is 35.8 Å². The molecule has 1 aliphatic rings. The summed E-state index contributed by atoms with van der Waals surface area (Å²) in [5.74, 6) is 0.305. The van der Waals surface area contributed by atoms with E-state index in [4.69, 9.17) is 0 Å². The third kappa shape index (κ3) is 3.93. The minimum Gasteiger partial charge on any atom is -0.361 e. The quantitative estimate of drug-likeness (QED) is 0.678. The van der Waals surface area contributed by atoms with Crippen molar-refractivity contribution in [2.45, 2.75) is 25.2 Å². The molecular formula is C22H25N3O3S. The van der Waals surface area contributed by atoms with Crippen molar-refractivity contribution in [3.8, 4) is 0 Å². The Morgan fingerprint density at radius 2 is 1.79 bits per heavy atom. The Morgan fingerprint density at radius 1 is 1.07 bits per heavy atom. The van der Waals surface area contributed by atoms with Crippen LogP contribution in [0, 0.1) is 11.8 Å². The Kier molecular flexibility index (Phi) is 5.19. The number of aromatic nitrogens is 1. The average Bonchev–Trinajstić information content (AvgIpc) is 3.17. The van der Waals surface area contributed by atoms with Gasteiger partial charge in [-0.05, 0) is 54.7 Å². The number of benzene rings is 2. The number of carbonyl (C=O) groups is 1. The maximum absolute atomic E-state index is 13.1. The molecule has 1 aromatic heterocycles. The average molecular weight is 412 g/mol. The van der Waals surface area contributed by atoms with E-state index >= 15 is 0 Å². The number of aromatic amines is 1. The summed E-state index contributed by atoms with van der Waals surface area (Å²) in [5, 5.41) is 3.80. The standard InChI is InChI=1S/C22H25N3O3S/c1-15-11-16(2)14-25(13-15)29(27,28)18-6-3-5-17(12-18)22(26)24-21-8-4-7-20-19(21)9-10-23-20/h3-10,12,15-16,23H,11,13-14H2,1-2H3,(H,24,26). The van der Waals surface area contributed by atoms with Crippen LogP contribution in [0.4, 0.5) is 5.69 Å². The molecule has 3 aromatic rings. The van der Waals surface area contributed by atoms with Crippen molar-refractivity contribution in [2.75, 3.05) is 18.4 Å². The SMILES string of the molecule is CC1CC(C)CN(S(=O)(=O)c2cccc(C(=O)Nc3cccc4[nH]ccc34)c2)C1. The molecule has 2 aromatic carbocycles. The molecule has 152 valence electrons. The summed E-state index contributed by atoms with van der Waals surface area (Å²) in [4.78, 5) is 16.1. The Labute approximate surface area is 171 Å². The fourth-order valence-corrected chi connectivity index (χ4v) is 5.86. The zero-order valence-electron chi connectivity index (χ0n) is 16.6. The molecule has 0 aliphatic carbocycles. The molecule has 7 heteroatoms. The Bertz CT molecular complexity index is 1140. The molecule has 4 rings (SSSR count). The summed E-state index contributed by atoms with van der Waals surface area (Å²) in [6, 6.07) is 13.8. The van der Waals surface area contributed by atoms with Crippen molar-refractivity contribution in [3.05, 3.63) is 60.3 Å². The molecule has 0 saturated carbocycles. The Balaban J connectivity index is 1.60. The Hall–Kier alpha value is -2.64. The van der Waals surface area contributed by atoms with Gasteiger partial charge >= 0.3 is 0 Å². The first-order valence-electron chi connectivity index (χ1n) is 9.82. The normalized spacial score (nSPS) is 20.6. The van der Waals surface area contributed by atoms with Crippen molar-refractivity contribution in [3.63, 3.8) is 0 Å². The van der Waals surface area contributed by atoms with E-state index in [0.717, 1.165) is 17.3 Å². The summed E-state index contributed by atoms with van der Waals surface area (Å²) in [6.45, 7) is 5.17. The van der Waals surface area contributed by atoms with Crippen LogP contribution in [-0.2, 0) is 10.0 Å². The molecular weight excluding hydrogens is 386 g/mol. The van der Waals surface area contributed by atoms with Crippen LogP contribution in [-0.4, -0.2) is 36.7 Å². The van der Waals surface area contributed by atoms with Gasteiger partial charge < -0.3 is 10.3 Å². The van der Waals surface area contributed by atoms with Gasteiger partial charge in [-0.2, -0.15) is 4.31 Å². The summed E-state index contributed by atoms with van der Waals surface area (Å²) in [6.07, 6.45) is 2.84. The second-order valence-electron chi connectivity index (χ2n) is 7.99. The van der Waals surface area contributed by atoms with E-state index in [-0.39, 0.29) is 10.8 Å². The number of nitrogens with zero attached hydrogens (tertiary/aromatic N) is 1. The number of carbonyl (C=O) groups excluding carboxylic acids is 1. The number of rotatable bonds is 4. The highest BCUT2D eigenvalue weighted by molar-refractivity contribution is 7.89. The number of hydrogen-bond donors (Lipinski definition) is 2. The highest BCUT2D eigenvalue weighted by Crippen LogP contribution is 2.27. The molecule has 2 N–H and O–H groups in total. The third-order valence-corrected chi connectivity index (χ3v) is 7.24. The van der Waals surface area contributed by atoms with E-state index in [9.17, 15) is 13.2 Å². The van der Waals surface area contributed by atoms with Crippen LogP contribution in [0.1, 0.15) is 30.6 Å². The molecule has 0 spiro atoms. The topological polar surface area (TPSA) is 82.3 Å². The maximum Gasteiger partial charge on any atom is 0.255 e. The first-order chi connectivity index (χ1) is 13.8. The molecule has 29 heavy (non-hydrogen) atoms. The second kappa shape index (κ2) is 7.65. The van der Waals surface area contributed by atoms with Gasteiger partial charge in [0.1, 0.15) is 0 Å². The number of anilines is 1. The maximum atomic E-state index is 13.1. The van der Waals surface area contributed by atoms with Crippen LogP contribution in [0.25, 0.3) is 10.9 Å². The largest absolute Gasteiger partial charge is 0.361 e. The van der Waals surface area contributed by atoms with Crippen LogP contribution in [0.3, 0.4) is 0 Å². The highest BCUT2D eigenvalue weighted by Gasteiger charge is 2.32.